The molecule has 0 saturated carbocycles. The van der Waals surface area contributed by atoms with Gasteiger partial charge in [0, 0.05) is 39.5 Å². The van der Waals surface area contributed by atoms with Gasteiger partial charge < -0.3 is 20.0 Å². The van der Waals surface area contributed by atoms with Crippen molar-refractivity contribution in [3.05, 3.63) is 5.89 Å². The van der Waals surface area contributed by atoms with Crippen LogP contribution >= 0.6 is 11.6 Å². The van der Waals surface area contributed by atoms with Gasteiger partial charge in [0.2, 0.25) is 5.89 Å². The van der Waals surface area contributed by atoms with Crippen molar-refractivity contribution in [3.8, 4) is 0 Å². The highest BCUT2D eigenvalue weighted by molar-refractivity contribution is 6.17. The van der Waals surface area contributed by atoms with E-state index in [0.717, 1.165) is 0 Å². The summed E-state index contributed by atoms with van der Waals surface area (Å²) in [5, 5.41) is 13.2. The van der Waals surface area contributed by atoms with Gasteiger partial charge in [-0.3, -0.25) is 0 Å². The number of aromatic nitrogens is 2. The van der Waals surface area contributed by atoms with Crippen LogP contribution in [-0.2, 0) is 6.42 Å². The average Bonchev–Trinajstić information content (AvgIpc) is 2.72. The lowest BCUT2D eigenvalue weighted by Crippen LogP contribution is -2.37. The van der Waals surface area contributed by atoms with E-state index in [1.54, 1.807) is 14.1 Å². The van der Waals surface area contributed by atoms with E-state index >= 15 is 0 Å². The maximum Gasteiger partial charge on any atom is 0.316 e. The van der Waals surface area contributed by atoms with E-state index in [0.29, 0.717) is 37.3 Å². The third-order valence-corrected chi connectivity index (χ3v) is 2.05. The van der Waals surface area contributed by atoms with Gasteiger partial charge in [0.25, 0.3) is 0 Å². The molecule has 0 fully saturated rings. The summed E-state index contributed by atoms with van der Waals surface area (Å²) in [6.45, 7) is 0.992. The quantitative estimate of drug-likeness (QED) is 0.577. The summed E-state index contributed by atoms with van der Waals surface area (Å²) in [5.41, 5.74) is 0. The molecule has 1 rings (SSSR count). The number of aryl methyl sites for hydroxylation is 1. The second-order valence-electron chi connectivity index (χ2n) is 3.49. The molecule has 0 aliphatic heterocycles. The Balaban J connectivity index is 2.19. The first-order valence-electron chi connectivity index (χ1n) is 5.21. The van der Waals surface area contributed by atoms with E-state index in [-0.39, 0.29) is 6.03 Å². The predicted octanol–water partition coefficient (Wildman–Crippen LogP) is 0.534. The van der Waals surface area contributed by atoms with Gasteiger partial charge in [-0.1, -0.05) is 5.10 Å². The number of alkyl halides is 1. The van der Waals surface area contributed by atoms with Gasteiger partial charge in [-0.25, -0.2) is 4.79 Å². The summed E-state index contributed by atoms with van der Waals surface area (Å²) in [6, 6.07) is 0.198. The minimum Gasteiger partial charge on any atom is -0.408 e. The van der Waals surface area contributed by atoms with E-state index in [1.165, 1.54) is 4.90 Å². The molecule has 1 heterocycles. The Morgan fingerprint density at radius 1 is 1.41 bits per heavy atom. The Hall–Kier alpha value is -1.50. The highest BCUT2D eigenvalue weighted by Crippen LogP contribution is 2.05. The Morgan fingerprint density at radius 2 is 2.18 bits per heavy atom. The number of hydrogen-bond donors (Lipinski definition) is 2. The fourth-order valence-corrected chi connectivity index (χ4v) is 1.17. The first-order chi connectivity index (χ1) is 8.13. The summed E-state index contributed by atoms with van der Waals surface area (Å²) < 4.78 is 5.24. The molecule has 1 aromatic heterocycles. The lowest BCUT2D eigenvalue weighted by atomic mass is 10.5. The third-order valence-electron chi connectivity index (χ3n) is 1.86. The number of hydrogen-bond acceptors (Lipinski definition) is 5. The molecule has 96 valence electrons. The largest absolute Gasteiger partial charge is 0.408 e. The van der Waals surface area contributed by atoms with Crippen LogP contribution in [0, 0.1) is 0 Å². The number of anilines is 1. The van der Waals surface area contributed by atoms with Crippen molar-refractivity contribution in [1.29, 1.82) is 0 Å². The van der Waals surface area contributed by atoms with Crippen LogP contribution in [0.15, 0.2) is 4.42 Å². The van der Waals surface area contributed by atoms with E-state index < -0.39 is 0 Å². The first-order valence-corrected chi connectivity index (χ1v) is 5.74. The predicted molar refractivity (Wildman–Crippen MR) is 64.3 cm³/mol. The first kappa shape index (κ1) is 13.6. The lowest BCUT2D eigenvalue weighted by molar-refractivity contribution is 0.218. The van der Waals surface area contributed by atoms with E-state index in [1.807, 2.05) is 0 Å². The second kappa shape index (κ2) is 6.95. The molecule has 0 saturated heterocycles. The Morgan fingerprint density at radius 3 is 2.82 bits per heavy atom. The Bertz CT molecular complexity index is 355. The van der Waals surface area contributed by atoms with Crippen molar-refractivity contribution in [3.63, 3.8) is 0 Å². The molecule has 8 heteroatoms. The second-order valence-corrected chi connectivity index (χ2v) is 3.87. The number of halogens is 1. The molecule has 1 aromatic rings. The van der Waals surface area contributed by atoms with Crippen molar-refractivity contribution < 1.29 is 9.21 Å². The van der Waals surface area contributed by atoms with Crippen molar-refractivity contribution in [2.75, 3.05) is 38.4 Å². The summed E-state index contributed by atoms with van der Waals surface area (Å²) in [5.74, 6) is 0.945. The Labute approximate surface area is 105 Å². The van der Waals surface area contributed by atoms with Crippen LogP contribution < -0.4 is 10.6 Å². The van der Waals surface area contributed by atoms with Gasteiger partial charge in [0.1, 0.15) is 0 Å². The molecule has 0 radical (unpaired) electrons. The number of rotatable bonds is 6. The smallest absolute Gasteiger partial charge is 0.316 e. The fourth-order valence-electron chi connectivity index (χ4n) is 1.00. The summed E-state index contributed by atoms with van der Waals surface area (Å²) in [4.78, 5) is 12.6. The zero-order chi connectivity index (χ0) is 12.7. The maximum absolute atomic E-state index is 11.2. The zero-order valence-corrected chi connectivity index (χ0v) is 10.6. The lowest BCUT2D eigenvalue weighted by Gasteiger charge is -2.11. The molecule has 2 N–H and O–H groups in total. The zero-order valence-electron chi connectivity index (χ0n) is 9.86. The van der Waals surface area contributed by atoms with Crippen LogP contribution in [0.2, 0.25) is 0 Å². The normalized spacial score (nSPS) is 10.1. The molecule has 0 aromatic carbocycles. The number of nitrogens with zero attached hydrogens (tertiary/aromatic N) is 3. The van der Waals surface area contributed by atoms with Crippen LogP contribution in [0.5, 0.6) is 0 Å². The number of nitrogens with one attached hydrogen (secondary N) is 2. The summed E-state index contributed by atoms with van der Waals surface area (Å²) >= 11 is 5.54. The standard InChI is InChI=1S/C9H16ClN5O2/c1-15(2)9(16)12-6-5-11-8-14-13-7(17-8)3-4-10/h3-6H2,1-2H3,(H,11,14)(H,12,16). The monoisotopic (exact) mass is 261 g/mol. The average molecular weight is 262 g/mol. The molecule has 0 aliphatic carbocycles. The van der Waals surface area contributed by atoms with Crippen molar-refractivity contribution >= 4 is 23.6 Å². The minimum atomic E-state index is -0.139. The number of amides is 2. The van der Waals surface area contributed by atoms with E-state index in [2.05, 4.69) is 20.8 Å². The molecule has 0 atom stereocenters. The molecule has 0 unspecified atom stereocenters. The summed E-state index contributed by atoms with van der Waals surface area (Å²) in [7, 11) is 3.36. The van der Waals surface area contributed by atoms with Gasteiger partial charge in [0.15, 0.2) is 0 Å². The van der Waals surface area contributed by atoms with Gasteiger partial charge >= 0.3 is 12.0 Å². The van der Waals surface area contributed by atoms with Crippen LogP contribution in [-0.4, -0.2) is 54.2 Å². The van der Waals surface area contributed by atoms with Crippen molar-refractivity contribution in [2.24, 2.45) is 0 Å². The van der Waals surface area contributed by atoms with Gasteiger partial charge in [0.05, 0.1) is 0 Å². The molecule has 0 spiro atoms. The molecular formula is C9H16ClN5O2. The van der Waals surface area contributed by atoms with Gasteiger partial charge in [-0.05, 0) is 0 Å². The SMILES string of the molecule is CN(C)C(=O)NCCNc1nnc(CCCl)o1. The number of carbonyl (C=O) groups excluding carboxylic acids is 1. The number of carbonyl (C=O) groups is 1. The molecule has 0 bridgehead atoms. The fraction of sp³-hybridized carbons (Fsp3) is 0.667. The van der Waals surface area contributed by atoms with Gasteiger partial charge in [-0.15, -0.1) is 16.7 Å². The van der Waals surface area contributed by atoms with Gasteiger partial charge in [-0.2, -0.15) is 0 Å². The van der Waals surface area contributed by atoms with Crippen LogP contribution in [0.1, 0.15) is 5.89 Å². The van der Waals surface area contributed by atoms with E-state index in [9.17, 15) is 4.79 Å². The highest BCUT2D eigenvalue weighted by atomic mass is 35.5. The number of urea groups is 1. The van der Waals surface area contributed by atoms with Crippen LogP contribution in [0.4, 0.5) is 10.8 Å². The summed E-state index contributed by atoms with van der Waals surface area (Å²) in [6.07, 6.45) is 0.549. The van der Waals surface area contributed by atoms with Crippen LogP contribution in [0.25, 0.3) is 0 Å². The van der Waals surface area contributed by atoms with E-state index in [4.69, 9.17) is 16.0 Å². The van der Waals surface area contributed by atoms with Crippen molar-refractivity contribution in [2.45, 2.75) is 6.42 Å². The molecular weight excluding hydrogens is 246 g/mol. The van der Waals surface area contributed by atoms with Crippen molar-refractivity contribution in [1.82, 2.24) is 20.4 Å². The highest BCUT2D eigenvalue weighted by Gasteiger charge is 2.05. The Kier molecular flexibility index (Phi) is 5.55. The van der Waals surface area contributed by atoms with Crippen LogP contribution in [0.3, 0.4) is 0 Å². The topological polar surface area (TPSA) is 83.3 Å². The maximum atomic E-state index is 11.2. The molecule has 2 amide bonds. The third kappa shape index (κ3) is 4.90. The molecule has 17 heavy (non-hydrogen) atoms. The minimum absolute atomic E-state index is 0.139. The molecule has 0 aliphatic rings. The molecule has 7 nitrogen and oxygen atoms in total.